The first-order chi connectivity index (χ1) is 26.3. The molecule has 9 aromatic rings. The fraction of sp³-hybridized carbons (Fsp3) is 0.0204. The summed E-state index contributed by atoms with van der Waals surface area (Å²) in [6.07, 6.45) is 0. The molecule has 53 heavy (non-hydrogen) atoms. The average molecular weight is 674 g/mol. The van der Waals surface area contributed by atoms with Crippen LogP contribution in [-0.2, 0) is 5.41 Å². The predicted octanol–water partition coefficient (Wildman–Crippen LogP) is 9.85. The largest absolute Gasteiger partial charge is 0.458 e. The van der Waals surface area contributed by atoms with Crippen molar-refractivity contribution in [2.24, 2.45) is 0 Å². The molecule has 0 fully saturated rings. The van der Waals surface area contributed by atoms with E-state index in [0.717, 1.165) is 45.2 Å². The maximum Gasteiger partial charge on any atom is 0.260 e. The van der Waals surface area contributed by atoms with Gasteiger partial charge in [0.2, 0.25) is 0 Å². The second kappa shape index (κ2) is 9.75. The fourth-order valence-electron chi connectivity index (χ4n) is 10.4. The smallest absolute Gasteiger partial charge is 0.260 e. The highest BCUT2D eigenvalue weighted by Crippen LogP contribution is 2.64. The van der Waals surface area contributed by atoms with Crippen LogP contribution in [0.5, 0.6) is 23.0 Å². The molecule has 244 valence electrons. The van der Waals surface area contributed by atoms with E-state index in [1.165, 1.54) is 66.2 Å². The Morgan fingerprint density at radius 1 is 0.434 bits per heavy atom. The highest BCUT2D eigenvalue weighted by atomic mass is 16.5. The fourth-order valence-corrected chi connectivity index (χ4v) is 10.4. The van der Waals surface area contributed by atoms with E-state index in [-0.39, 0.29) is 6.71 Å². The zero-order valence-electron chi connectivity index (χ0n) is 28.5. The zero-order valence-corrected chi connectivity index (χ0v) is 28.5. The van der Waals surface area contributed by atoms with Crippen LogP contribution in [0, 0.1) is 0 Å². The molecule has 0 unspecified atom stereocenters. The van der Waals surface area contributed by atoms with E-state index in [4.69, 9.17) is 9.47 Å². The molecule has 0 saturated heterocycles. The van der Waals surface area contributed by atoms with E-state index >= 15 is 0 Å². The van der Waals surface area contributed by atoms with Gasteiger partial charge in [0.05, 0.1) is 22.1 Å². The van der Waals surface area contributed by atoms with E-state index in [9.17, 15) is 0 Å². The van der Waals surface area contributed by atoms with E-state index < -0.39 is 5.41 Å². The van der Waals surface area contributed by atoms with E-state index in [0.29, 0.717) is 0 Å². The molecule has 4 heteroatoms. The van der Waals surface area contributed by atoms with Gasteiger partial charge >= 0.3 is 0 Å². The van der Waals surface area contributed by atoms with Gasteiger partial charge in [-0.15, -0.1) is 0 Å². The van der Waals surface area contributed by atoms with Crippen LogP contribution in [0.25, 0.3) is 49.7 Å². The maximum absolute atomic E-state index is 6.76. The molecule has 3 nitrogen and oxygen atoms in total. The van der Waals surface area contributed by atoms with Gasteiger partial charge in [-0.05, 0) is 79.7 Å². The number of aromatic nitrogens is 1. The number of para-hydroxylation sites is 3. The molecular formula is C49H28BNO2. The molecule has 0 radical (unpaired) electrons. The van der Waals surface area contributed by atoms with Crippen LogP contribution < -0.4 is 25.9 Å². The Hall–Kier alpha value is -6.78. The zero-order chi connectivity index (χ0) is 34.4. The third-order valence-electron chi connectivity index (χ3n) is 12.3. The standard InChI is InChI=1S/C49H28BNO2/c1-5-17-34-30(13-1)31-14-2-6-18-35(31)49(34)36-19-7-3-15-32(36)46-37(49)25-26-41-47(46)33-16-4-10-22-40(33)51(41)29-27-44-48-45(28-29)53-43-24-12-9-21-39(43)50(48)38-20-8-11-23-42(38)52-44/h1-28H. The Labute approximate surface area is 306 Å². The minimum atomic E-state index is -0.399. The Morgan fingerprint density at radius 2 is 0.962 bits per heavy atom. The molecule has 2 aliphatic carbocycles. The summed E-state index contributed by atoms with van der Waals surface area (Å²) in [5, 5.41) is 2.50. The van der Waals surface area contributed by atoms with Crippen molar-refractivity contribution in [2.75, 3.05) is 0 Å². The summed E-state index contributed by atoms with van der Waals surface area (Å²) >= 11 is 0. The van der Waals surface area contributed by atoms with Gasteiger partial charge in [0.25, 0.3) is 6.71 Å². The highest BCUT2D eigenvalue weighted by molar-refractivity contribution is 6.98. The second-order valence-electron chi connectivity index (χ2n) is 14.7. The molecule has 4 aliphatic rings. The van der Waals surface area contributed by atoms with Crippen molar-refractivity contribution in [3.8, 4) is 50.9 Å². The summed E-state index contributed by atoms with van der Waals surface area (Å²) in [7, 11) is 0. The molecule has 0 bridgehead atoms. The molecular weight excluding hydrogens is 645 g/mol. The summed E-state index contributed by atoms with van der Waals surface area (Å²) in [6.45, 7) is 0.0372. The van der Waals surface area contributed by atoms with Crippen LogP contribution >= 0.6 is 0 Å². The lowest BCUT2D eigenvalue weighted by Crippen LogP contribution is -2.57. The lowest BCUT2D eigenvalue weighted by Gasteiger charge is -2.33. The number of rotatable bonds is 1. The molecule has 1 spiro atoms. The summed E-state index contributed by atoms with van der Waals surface area (Å²) < 4.78 is 15.9. The van der Waals surface area contributed by atoms with Crippen molar-refractivity contribution in [3.63, 3.8) is 0 Å². The van der Waals surface area contributed by atoms with Gasteiger partial charge in [-0.2, -0.15) is 0 Å². The summed E-state index contributed by atoms with van der Waals surface area (Å²) in [4.78, 5) is 0. The van der Waals surface area contributed by atoms with Crippen molar-refractivity contribution in [2.45, 2.75) is 5.41 Å². The Balaban J connectivity index is 1.12. The first-order valence-corrected chi connectivity index (χ1v) is 18.4. The van der Waals surface area contributed by atoms with Crippen molar-refractivity contribution in [1.29, 1.82) is 0 Å². The molecule has 3 heterocycles. The number of fused-ring (bicyclic) bond motifs is 18. The second-order valence-corrected chi connectivity index (χ2v) is 14.7. The van der Waals surface area contributed by atoms with E-state index in [1.807, 2.05) is 0 Å². The number of ether oxygens (including phenoxy) is 2. The molecule has 8 aromatic carbocycles. The number of hydrogen-bond acceptors (Lipinski definition) is 2. The topological polar surface area (TPSA) is 23.4 Å². The van der Waals surface area contributed by atoms with Gasteiger partial charge in [0.1, 0.15) is 23.0 Å². The van der Waals surface area contributed by atoms with Crippen molar-refractivity contribution in [1.82, 2.24) is 4.57 Å². The first-order valence-electron chi connectivity index (χ1n) is 18.4. The minimum Gasteiger partial charge on any atom is -0.458 e. The molecule has 13 rings (SSSR count). The van der Waals surface area contributed by atoms with E-state index in [2.05, 4.69) is 174 Å². The molecule has 0 amide bonds. The first kappa shape index (κ1) is 27.9. The maximum atomic E-state index is 6.76. The van der Waals surface area contributed by atoms with Crippen LogP contribution in [0.3, 0.4) is 0 Å². The van der Waals surface area contributed by atoms with Gasteiger partial charge in [-0.3, -0.25) is 0 Å². The third kappa shape index (κ3) is 3.29. The average Bonchev–Trinajstić information content (AvgIpc) is 3.82. The summed E-state index contributed by atoms with van der Waals surface area (Å²) in [6, 6.07) is 62.0. The highest BCUT2D eigenvalue weighted by Gasteiger charge is 2.52. The van der Waals surface area contributed by atoms with Gasteiger partial charge in [-0.25, -0.2) is 0 Å². The normalized spacial score (nSPS) is 14.5. The van der Waals surface area contributed by atoms with E-state index in [1.54, 1.807) is 0 Å². The number of benzene rings is 8. The molecule has 0 atom stereocenters. The van der Waals surface area contributed by atoms with Crippen molar-refractivity contribution >= 4 is 44.9 Å². The van der Waals surface area contributed by atoms with Crippen molar-refractivity contribution < 1.29 is 9.47 Å². The number of hydrogen-bond donors (Lipinski definition) is 0. The molecule has 2 aliphatic heterocycles. The Bertz CT molecular complexity index is 2980. The summed E-state index contributed by atoms with van der Waals surface area (Å²) in [5.41, 5.74) is 17.0. The van der Waals surface area contributed by atoms with Gasteiger partial charge in [0, 0.05) is 28.4 Å². The van der Waals surface area contributed by atoms with Crippen LogP contribution in [-0.4, -0.2) is 11.3 Å². The Kier molecular flexibility index (Phi) is 5.13. The molecule has 0 N–H and O–H groups in total. The van der Waals surface area contributed by atoms with Crippen LogP contribution in [0.15, 0.2) is 170 Å². The summed E-state index contributed by atoms with van der Waals surface area (Å²) in [5.74, 6) is 3.46. The van der Waals surface area contributed by atoms with Crippen LogP contribution in [0.2, 0.25) is 0 Å². The predicted molar refractivity (Wildman–Crippen MR) is 215 cm³/mol. The quantitative estimate of drug-likeness (QED) is 0.162. The molecule has 1 aromatic heterocycles. The SMILES string of the molecule is c1ccc2c(c1)Oc1cc(-n3c4ccccc4c4c5c(ccc43)C3(c4ccccc4-c4ccccc43)c3ccccc3-5)cc3c1B2c1ccccc1O3. The number of nitrogens with zero attached hydrogens (tertiary/aromatic N) is 1. The Morgan fingerprint density at radius 3 is 1.62 bits per heavy atom. The van der Waals surface area contributed by atoms with Gasteiger partial charge in [0.15, 0.2) is 0 Å². The third-order valence-corrected chi connectivity index (χ3v) is 12.3. The lowest BCUT2D eigenvalue weighted by atomic mass is 9.35. The minimum absolute atomic E-state index is 0.0372. The van der Waals surface area contributed by atoms with Crippen LogP contribution in [0.4, 0.5) is 0 Å². The monoisotopic (exact) mass is 673 g/mol. The van der Waals surface area contributed by atoms with Crippen LogP contribution in [0.1, 0.15) is 22.3 Å². The lowest BCUT2D eigenvalue weighted by molar-refractivity contribution is 0.464. The van der Waals surface area contributed by atoms with Crippen molar-refractivity contribution in [3.05, 3.63) is 192 Å². The van der Waals surface area contributed by atoms with Gasteiger partial charge < -0.3 is 14.0 Å². The molecule has 0 saturated carbocycles. The van der Waals surface area contributed by atoms with Gasteiger partial charge in [-0.1, -0.05) is 133 Å².